The van der Waals surface area contributed by atoms with Gasteiger partial charge in [-0.2, -0.15) is 0 Å². The van der Waals surface area contributed by atoms with Gasteiger partial charge in [0.1, 0.15) is 11.9 Å². The lowest BCUT2D eigenvalue weighted by atomic mass is 9.95. The van der Waals surface area contributed by atoms with E-state index in [1.54, 1.807) is 31.3 Å². The minimum atomic E-state index is -0.989. The van der Waals surface area contributed by atoms with Gasteiger partial charge in [0.2, 0.25) is 11.8 Å². The summed E-state index contributed by atoms with van der Waals surface area (Å²) in [6.45, 7) is 5.43. The highest BCUT2D eigenvalue weighted by atomic mass is 35.5. The Balaban J connectivity index is 0.857. The number of carbonyl (C=O) groups is 5. The average Bonchev–Trinajstić information content (AvgIpc) is 3.47. The Bertz CT molecular complexity index is 2440. The van der Waals surface area contributed by atoms with Crippen LogP contribution in [0.15, 0.2) is 53.3 Å². The van der Waals surface area contributed by atoms with Gasteiger partial charge < -0.3 is 29.7 Å². The van der Waals surface area contributed by atoms with Crippen LogP contribution in [0.2, 0.25) is 10.0 Å². The number of piperidine rings is 2. The van der Waals surface area contributed by atoms with Crippen LogP contribution in [0.3, 0.4) is 0 Å². The molecule has 3 fully saturated rings. The molecule has 6 heterocycles. The van der Waals surface area contributed by atoms with Crippen LogP contribution in [0.25, 0.3) is 10.9 Å². The van der Waals surface area contributed by atoms with Crippen LogP contribution in [-0.2, 0) is 21.4 Å². The Kier molecular flexibility index (Phi) is 11.2. The van der Waals surface area contributed by atoms with Crippen molar-refractivity contribution in [2.24, 2.45) is 13.0 Å². The summed E-state index contributed by atoms with van der Waals surface area (Å²) in [6.07, 6.45) is 2.15. The quantitative estimate of drug-likeness (QED) is 0.198. The Labute approximate surface area is 349 Å². The van der Waals surface area contributed by atoms with Gasteiger partial charge in [-0.05, 0) is 73.7 Å². The number of fused-ring (bicyclic) bond motifs is 2. The summed E-state index contributed by atoms with van der Waals surface area (Å²) < 4.78 is 6.97. The number of aromatic nitrogens is 2. The van der Waals surface area contributed by atoms with Gasteiger partial charge in [0.05, 0.1) is 26.7 Å². The molecule has 308 valence electrons. The Morgan fingerprint density at radius 1 is 0.864 bits per heavy atom. The van der Waals surface area contributed by atoms with Crippen molar-refractivity contribution in [2.45, 2.75) is 31.7 Å². The lowest BCUT2D eigenvalue weighted by Gasteiger charge is -2.40. The third-order valence-electron chi connectivity index (χ3n) is 11.6. The van der Waals surface area contributed by atoms with Crippen molar-refractivity contribution >= 4 is 86.7 Å². The minimum absolute atomic E-state index is 0.0615. The van der Waals surface area contributed by atoms with Gasteiger partial charge in [0.25, 0.3) is 23.3 Å². The van der Waals surface area contributed by atoms with Crippen LogP contribution in [0, 0.1) is 5.92 Å². The molecule has 8 rings (SSSR count). The van der Waals surface area contributed by atoms with E-state index in [0.29, 0.717) is 49.8 Å². The number of piperazine rings is 1. The van der Waals surface area contributed by atoms with E-state index >= 15 is 0 Å². The van der Waals surface area contributed by atoms with Crippen LogP contribution in [0.1, 0.15) is 46.4 Å². The van der Waals surface area contributed by atoms with E-state index in [1.807, 2.05) is 24.3 Å². The number of hydrogen-bond donors (Lipinski definition) is 3. The Morgan fingerprint density at radius 2 is 1.61 bits per heavy atom. The second kappa shape index (κ2) is 16.5. The van der Waals surface area contributed by atoms with Crippen LogP contribution < -0.4 is 36.0 Å². The normalized spacial score (nSPS) is 19.0. The summed E-state index contributed by atoms with van der Waals surface area (Å²) in [5.74, 6) is -0.748. The highest BCUT2D eigenvalue weighted by Crippen LogP contribution is 2.36. The topological polar surface area (TPSA) is 179 Å². The summed E-state index contributed by atoms with van der Waals surface area (Å²) in [5.41, 5.74) is 2.46. The van der Waals surface area contributed by atoms with E-state index in [1.165, 1.54) is 11.6 Å². The minimum Gasteiger partial charge on any atom is -0.478 e. The smallest absolute Gasteiger partial charge is 0.293 e. The van der Waals surface area contributed by atoms with Crippen molar-refractivity contribution in [1.29, 1.82) is 0 Å². The molecule has 2 aromatic heterocycles. The predicted molar refractivity (Wildman–Crippen MR) is 223 cm³/mol. The van der Waals surface area contributed by atoms with Crippen LogP contribution in [0.4, 0.5) is 23.0 Å². The Morgan fingerprint density at radius 3 is 2.34 bits per heavy atom. The average molecular weight is 845 g/mol. The molecule has 1 unspecified atom stereocenters. The molecule has 4 aromatic rings. The maximum absolute atomic E-state index is 13.4. The van der Waals surface area contributed by atoms with E-state index in [4.69, 9.17) is 32.9 Å². The number of anilines is 4. The number of imide groups is 2. The third-order valence-corrected chi connectivity index (χ3v) is 12.2. The molecule has 3 saturated heterocycles. The fraction of sp³-hybridized carbons (Fsp3) is 0.390. The summed E-state index contributed by atoms with van der Waals surface area (Å²) in [5, 5.41) is 9.54. The van der Waals surface area contributed by atoms with Crippen LogP contribution in [-0.4, -0.2) is 114 Å². The molecule has 2 aromatic carbocycles. The number of rotatable bonds is 10. The van der Waals surface area contributed by atoms with Gasteiger partial charge in [0.15, 0.2) is 18.2 Å². The first-order valence-corrected chi connectivity index (χ1v) is 20.3. The lowest BCUT2D eigenvalue weighted by Crippen LogP contribution is -2.54. The van der Waals surface area contributed by atoms with E-state index in [2.05, 4.69) is 30.7 Å². The summed E-state index contributed by atoms with van der Waals surface area (Å²) in [6, 6.07) is 13.1. The number of likely N-dealkylation sites (N-methyl/N-ethyl adjacent to an activating group) is 1. The fourth-order valence-electron chi connectivity index (χ4n) is 8.29. The highest BCUT2D eigenvalue weighted by molar-refractivity contribution is 6.37. The zero-order chi connectivity index (χ0) is 41.5. The Hall–Kier alpha value is -5.71. The number of amides is 5. The number of nitrogens with one attached hydrogen (secondary N) is 3. The monoisotopic (exact) mass is 843 g/mol. The summed E-state index contributed by atoms with van der Waals surface area (Å²) >= 11 is 13.3. The third kappa shape index (κ3) is 8.04. The van der Waals surface area contributed by atoms with E-state index in [0.717, 1.165) is 69.2 Å². The number of halogens is 2. The van der Waals surface area contributed by atoms with Crippen molar-refractivity contribution in [2.75, 3.05) is 74.6 Å². The van der Waals surface area contributed by atoms with Gasteiger partial charge >= 0.3 is 0 Å². The van der Waals surface area contributed by atoms with Crippen molar-refractivity contribution in [1.82, 2.24) is 30.0 Å². The SMILES string of the molecule is CNC(=O)COc1cc2cc(Nc3nc(N4CCN(CC5CCN(c6ccc7c(c6)C(=O)N(C6CCC(=O)NC6=O)C7=O)CC5)CC4)c(Cl)cc3Cl)ccc2n(C)c1=O. The number of hydrogen-bond acceptors (Lipinski definition) is 12. The van der Waals surface area contributed by atoms with Crippen molar-refractivity contribution in [3.63, 3.8) is 0 Å². The van der Waals surface area contributed by atoms with Crippen molar-refractivity contribution in [3.05, 3.63) is 80.1 Å². The second-order valence-corrected chi connectivity index (χ2v) is 16.1. The molecule has 4 aliphatic rings. The molecule has 0 radical (unpaired) electrons. The maximum atomic E-state index is 13.4. The molecular formula is C41H43Cl2N9O7. The zero-order valence-corrected chi connectivity index (χ0v) is 34.1. The van der Waals surface area contributed by atoms with Crippen LogP contribution in [0.5, 0.6) is 5.75 Å². The number of aryl methyl sites for hydroxylation is 1. The van der Waals surface area contributed by atoms with E-state index in [9.17, 15) is 28.8 Å². The molecule has 16 nitrogen and oxygen atoms in total. The zero-order valence-electron chi connectivity index (χ0n) is 32.6. The van der Waals surface area contributed by atoms with Gasteiger partial charge in [-0.15, -0.1) is 0 Å². The molecule has 3 N–H and O–H groups in total. The first-order valence-electron chi connectivity index (χ1n) is 19.6. The molecule has 0 aliphatic carbocycles. The predicted octanol–water partition coefficient (Wildman–Crippen LogP) is 3.55. The molecule has 4 aliphatic heterocycles. The lowest BCUT2D eigenvalue weighted by molar-refractivity contribution is -0.136. The standard InChI is InChI=1S/C41H43Cl2N9O7/c1-44-35(54)22-59-33-18-24-17-25(3-6-31(24)48(2)41(33)58)45-36-29(42)20-30(43)37(47-36)51-15-13-49(14-16-51)21-23-9-11-50(12-10-23)26-4-5-27-28(19-26)40(57)52(39(27)56)32-7-8-34(53)46-38(32)55/h3-6,17-20,23,32H,7-16,21-22H2,1-2H3,(H,44,54)(H,45,47)(H,46,53,55). The summed E-state index contributed by atoms with van der Waals surface area (Å²) in [7, 11) is 3.14. The number of carbonyl (C=O) groups excluding carboxylic acids is 5. The molecule has 18 heteroatoms. The molecule has 1 atom stereocenters. The fourth-order valence-corrected chi connectivity index (χ4v) is 8.82. The number of ether oxygens (including phenoxy) is 1. The highest BCUT2D eigenvalue weighted by Gasteiger charge is 2.45. The van der Waals surface area contributed by atoms with E-state index < -0.39 is 29.7 Å². The molecule has 0 bridgehead atoms. The largest absolute Gasteiger partial charge is 0.478 e. The van der Waals surface area contributed by atoms with Gasteiger partial charge in [-0.25, -0.2) is 4.98 Å². The van der Waals surface area contributed by atoms with Gasteiger partial charge in [-0.3, -0.25) is 43.9 Å². The molecule has 0 spiro atoms. The second-order valence-electron chi connectivity index (χ2n) is 15.3. The van der Waals surface area contributed by atoms with Gasteiger partial charge in [-0.1, -0.05) is 23.2 Å². The first kappa shape index (κ1) is 40.1. The molecule has 0 saturated carbocycles. The molecule has 59 heavy (non-hydrogen) atoms. The van der Waals surface area contributed by atoms with Gasteiger partial charge in [0, 0.05) is 83.1 Å². The van der Waals surface area contributed by atoms with Crippen molar-refractivity contribution in [3.8, 4) is 5.75 Å². The van der Waals surface area contributed by atoms with E-state index in [-0.39, 0.29) is 42.2 Å². The molecule has 5 amide bonds. The van der Waals surface area contributed by atoms with Crippen molar-refractivity contribution < 1.29 is 28.7 Å². The van der Waals surface area contributed by atoms with Crippen LogP contribution >= 0.6 is 23.2 Å². The number of benzene rings is 2. The number of nitrogens with zero attached hydrogens (tertiary/aromatic N) is 6. The number of pyridine rings is 2. The summed E-state index contributed by atoms with van der Waals surface area (Å²) in [4.78, 5) is 87.8. The first-order chi connectivity index (χ1) is 28.4. The molecular weight excluding hydrogens is 801 g/mol. The maximum Gasteiger partial charge on any atom is 0.293 e.